The summed E-state index contributed by atoms with van der Waals surface area (Å²) in [5, 5.41) is 6.47. The van der Waals surface area contributed by atoms with E-state index in [2.05, 4.69) is 28.8 Å². The van der Waals surface area contributed by atoms with Crippen molar-refractivity contribution in [3.05, 3.63) is 34.9 Å². The third-order valence-electron chi connectivity index (χ3n) is 5.08. The number of carbonyl (C=O) groups is 1. The Balaban J connectivity index is 0.00000121. The Morgan fingerprint density at radius 3 is 2.75 bits per heavy atom. The van der Waals surface area contributed by atoms with Crippen molar-refractivity contribution in [1.82, 2.24) is 10.6 Å². The predicted octanol–water partition coefficient (Wildman–Crippen LogP) is 2.37. The molecule has 1 aliphatic heterocycles. The van der Waals surface area contributed by atoms with Gasteiger partial charge in [-0.1, -0.05) is 24.6 Å². The fourth-order valence-corrected chi connectivity index (χ4v) is 3.98. The summed E-state index contributed by atoms with van der Waals surface area (Å²) in [6.07, 6.45) is 3.87. The number of nitrogens with one attached hydrogen (secondary N) is 2. The van der Waals surface area contributed by atoms with Crippen LogP contribution in [-0.4, -0.2) is 5.91 Å². The number of carbonyl (C=O) groups excluding carboxylic acids is 1. The number of benzene rings is 1. The molecule has 0 aromatic heterocycles. The first-order valence-electron chi connectivity index (χ1n) is 7.42. The highest BCUT2D eigenvalue weighted by atomic mass is 35.5. The Bertz CT molecular complexity index is 521. The molecule has 0 saturated heterocycles. The molecule has 20 heavy (non-hydrogen) atoms. The molecule has 1 aromatic rings. The van der Waals surface area contributed by atoms with E-state index in [4.69, 9.17) is 0 Å². The van der Waals surface area contributed by atoms with E-state index in [1.165, 1.54) is 36.0 Å². The van der Waals surface area contributed by atoms with Crippen molar-refractivity contribution in [1.29, 1.82) is 0 Å². The van der Waals surface area contributed by atoms with Crippen LogP contribution in [0.5, 0.6) is 0 Å². The molecule has 3 aliphatic rings. The normalized spacial score (nSPS) is 29.3. The molecule has 2 fully saturated rings. The molecular formula is C16H21ClN2O. The fourth-order valence-electron chi connectivity index (χ4n) is 3.98. The van der Waals surface area contributed by atoms with Gasteiger partial charge in [-0.3, -0.25) is 4.79 Å². The molecule has 0 bridgehead atoms. The molecule has 4 heteroatoms. The lowest BCUT2D eigenvalue weighted by atomic mass is 10.1. The lowest BCUT2D eigenvalue weighted by molar-refractivity contribution is -0.123. The summed E-state index contributed by atoms with van der Waals surface area (Å²) in [6, 6.07) is 6.55. The van der Waals surface area contributed by atoms with Gasteiger partial charge in [0.15, 0.2) is 0 Å². The molecule has 1 amide bonds. The van der Waals surface area contributed by atoms with Gasteiger partial charge in [0.25, 0.3) is 0 Å². The van der Waals surface area contributed by atoms with E-state index in [1.54, 1.807) is 0 Å². The van der Waals surface area contributed by atoms with Crippen LogP contribution >= 0.6 is 12.4 Å². The van der Waals surface area contributed by atoms with E-state index >= 15 is 0 Å². The SMILES string of the molecule is Cl.O=C(NCc1ccc2c(c1)CNC2)C1C2CCCC21. The second kappa shape index (κ2) is 5.38. The minimum Gasteiger partial charge on any atom is -0.352 e. The van der Waals surface area contributed by atoms with Crippen LogP contribution in [0.1, 0.15) is 36.0 Å². The molecule has 1 aromatic carbocycles. The quantitative estimate of drug-likeness (QED) is 0.898. The van der Waals surface area contributed by atoms with Crippen LogP contribution in [0, 0.1) is 17.8 Å². The van der Waals surface area contributed by atoms with Gasteiger partial charge < -0.3 is 10.6 Å². The summed E-state index contributed by atoms with van der Waals surface area (Å²) in [5.41, 5.74) is 4.00. The van der Waals surface area contributed by atoms with Crippen LogP contribution in [0.15, 0.2) is 18.2 Å². The molecular weight excluding hydrogens is 272 g/mol. The number of hydrogen-bond donors (Lipinski definition) is 2. The van der Waals surface area contributed by atoms with Gasteiger partial charge in [-0.15, -0.1) is 12.4 Å². The summed E-state index contributed by atoms with van der Waals surface area (Å²) in [5.74, 6) is 2.05. The molecule has 4 rings (SSSR count). The molecule has 2 aliphatic carbocycles. The van der Waals surface area contributed by atoms with Gasteiger partial charge in [0, 0.05) is 25.6 Å². The molecule has 3 nitrogen and oxygen atoms in total. The first kappa shape index (κ1) is 13.9. The van der Waals surface area contributed by atoms with Gasteiger partial charge in [-0.05, 0) is 41.4 Å². The first-order valence-corrected chi connectivity index (χ1v) is 7.42. The lowest BCUT2D eigenvalue weighted by Gasteiger charge is -2.08. The van der Waals surface area contributed by atoms with Gasteiger partial charge in [0.05, 0.1) is 0 Å². The third-order valence-corrected chi connectivity index (χ3v) is 5.08. The molecule has 0 radical (unpaired) electrons. The van der Waals surface area contributed by atoms with E-state index in [-0.39, 0.29) is 18.3 Å². The van der Waals surface area contributed by atoms with Gasteiger partial charge in [-0.2, -0.15) is 0 Å². The Morgan fingerprint density at radius 1 is 1.20 bits per heavy atom. The predicted molar refractivity (Wildman–Crippen MR) is 80.4 cm³/mol. The van der Waals surface area contributed by atoms with Crippen LogP contribution in [-0.2, 0) is 24.4 Å². The van der Waals surface area contributed by atoms with E-state index < -0.39 is 0 Å². The maximum atomic E-state index is 12.1. The van der Waals surface area contributed by atoms with Gasteiger partial charge in [0.1, 0.15) is 0 Å². The fraction of sp³-hybridized carbons (Fsp3) is 0.562. The van der Waals surface area contributed by atoms with Crippen LogP contribution in [0.3, 0.4) is 0 Å². The average Bonchev–Trinajstić information content (AvgIpc) is 2.85. The summed E-state index contributed by atoms with van der Waals surface area (Å²) in [7, 11) is 0. The van der Waals surface area contributed by atoms with Crippen molar-refractivity contribution >= 4 is 18.3 Å². The largest absolute Gasteiger partial charge is 0.352 e. The van der Waals surface area contributed by atoms with Crippen molar-refractivity contribution in [2.24, 2.45) is 17.8 Å². The molecule has 2 atom stereocenters. The highest BCUT2D eigenvalue weighted by Crippen LogP contribution is 2.57. The minimum atomic E-state index is 0. The van der Waals surface area contributed by atoms with Crippen molar-refractivity contribution in [3.63, 3.8) is 0 Å². The Morgan fingerprint density at radius 2 is 1.95 bits per heavy atom. The lowest BCUT2D eigenvalue weighted by Crippen LogP contribution is -2.26. The van der Waals surface area contributed by atoms with Crippen LogP contribution < -0.4 is 10.6 Å². The number of amides is 1. The van der Waals surface area contributed by atoms with Gasteiger partial charge in [-0.25, -0.2) is 0 Å². The second-order valence-electron chi connectivity index (χ2n) is 6.21. The maximum absolute atomic E-state index is 12.1. The molecule has 2 N–H and O–H groups in total. The van der Waals surface area contributed by atoms with E-state index in [0.717, 1.165) is 13.1 Å². The highest BCUT2D eigenvalue weighted by molar-refractivity contribution is 5.85. The standard InChI is InChI=1S/C16H20N2O.ClH/c19-16(15-13-2-1-3-14(13)15)18-7-10-4-5-11-8-17-9-12(11)6-10;/h4-6,13-15,17H,1-3,7-9H2,(H,18,19);1H. The van der Waals surface area contributed by atoms with Crippen molar-refractivity contribution in [3.8, 4) is 0 Å². The zero-order valence-electron chi connectivity index (χ0n) is 11.5. The molecule has 2 saturated carbocycles. The van der Waals surface area contributed by atoms with E-state index in [9.17, 15) is 4.79 Å². The maximum Gasteiger partial charge on any atom is 0.223 e. The average molecular weight is 293 g/mol. The van der Waals surface area contributed by atoms with Gasteiger partial charge in [0.2, 0.25) is 5.91 Å². The highest BCUT2D eigenvalue weighted by Gasteiger charge is 2.56. The smallest absolute Gasteiger partial charge is 0.223 e. The Labute approximate surface area is 125 Å². The number of halogens is 1. The topological polar surface area (TPSA) is 41.1 Å². The van der Waals surface area contributed by atoms with Crippen LogP contribution in [0.2, 0.25) is 0 Å². The third kappa shape index (κ3) is 2.33. The second-order valence-corrected chi connectivity index (χ2v) is 6.21. The number of rotatable bonds is 3. The summed E-state index contributed by atoms with van der Waals surface area (Å²) in [6.45, 7) is 2.62. The van der Waals surface area contributed by atoms with Crippen molar-refractivity contribution < 1.29 is 4.79 Å². The molecule has 2 unspecified atom stereocenters. The Hall–Kier alpha value is -1.06. The van der Waals surface area contributed by atoms with E-state index in [0.29, 0.717) is 24.3 Å². The number of fused-ring (bicyclic) bond motifs is 2. The molecule has 0 spiro atoms. The van der Waals surface area contributed by atoms with E-state index in [1.807, 2.05) is 0 Å². The monoisotopic (exact) mass is 292 g/mol. The Kier molecular flexibility index (Phi) is 3.74. The zero-order valence-corrected chi connectivity index (χ0v) is 12.3. The molecule has 108 valence electrons. The van der Waals surface area contributed by atoms with Crippen molar-refractivity contribution in [2.75, 3.05) is 0 Å². The first-order chi connectivity index (χ1) is 9.33. The van der Waals surface area contributed by atoms with Gasteiger partial charge >= 0.3 is 0 Å². The minimum absolute atomic E-state index is 0. The summed E-state index contributed by atoms with van der Waals surface area (Å²) in [4.78, 5) is 12.1. The zero-order chi connectivity index (χ0) is 12.8. The van der Waals surface area contributed by atoms with Crippen LogP contribution in [0.4, 0.5) is 0 Å². The summed E-state index contributed by atoms with van der Waals surface area (Å²) < 4.78 is 0. The summed E-state index contributed by atoms with van der Waals surface area (Å²) >= 11 is 0. The van der Waals surface area contributed by atoms with Crippen LogP contribution in [0.25, 0.3) is 0 Å². The number of hydrogen-bond acceptors (Lipinski definition) is 2. The van der Waals surface area contributed by atoms with Crippen molar-refractivity contribution in [2.45, 2.75) is 38.9 Å². The molecule has 1 heterocycles.